The second-order valence-corrected chi connectivity index (χ2v) is 8.19. The standard InChI is InChI=1S/C23H25N3O3S/c1-3-29-23(28)19-14-18(15-24)21(25-16(19)2)30-20(17-10-6-4-7-11-17)22(27)26-12-8-5-9-13-26/h4,6-7,10-11,14,20H,3,5,8-9,12-13H2,1-2H3/t20-/m0/s1. The van der Waals surface area contributed by atoms with Crippen LogP contribution in [0.25, 0.3) is 0 Å². The van der Waals surface area contributed by atoms with Gasteiger partial charge in [-0.05, 0) is 44.7 Å². The highest BCUT2D eigenvalue weighted by Gasteiger charge is 2.30. The molecule has 1 amide bonds. The summed E-state index contributed by atoms with van der Waals surface area (Å²) in [7, 11) is 0. The Kier molecular flexibility index (Phi) is 7.47. The number of benzene rings is 1. The first kappa shape index (κ1) is 21.8. The molecule has 0 unspecified atom stereocenters. The molecular formula is C23H25N3O3S. The molecule has 0 spiro atoms. The molecule has 2 heterocycles. The first-order valence-electron chi connectivity index (χ1n) is 10.1. The molecule has 1 aromatic carbocycles. The predicted octanol–water partition coefficient (Wildman–Crippen LogP) is 4.28. The molecule has 1 aliphatic heterocycles. The van der Waals surface area contributed by atoms with Gasteiger partial charge < -0.3 is 9.64 Å². The highest BCUT2D eigenvalue weighted by Crippen LogP contribution is 2.38. The van der Waals surface area contributed by atoms with Crippen molar-refractivity contribution in [3.63, 3.8) is 0 Å². The fraction of sp³-hybridized carbons (Fsp3) is 0.391. The summed E-state index contributed by atoms with van der Waals surface area (Å²) < 4.78 is 5.06. The van der Waals surface area contributed by atoms with E-state index in [1.165, 1.54) is 17.8 Å². The Morgan fingerprint density at radius 2 is 1.93 bits per heavy atom. The molecule has 0 aliphatic carbocycles. The summed E-state index contributed by atoms with van der Waals surface area (Å²) in [5, 5.41) is 9.61. The second kappa shape index (κ2) is 10.3. The molecule has 3 rings (SSSR count). The van der Waals surface area contributed by atoms with E-state index in [4.69, 9.17) is 4.74 Å². The first-order valence-corrected chi connectivity index (χ1v) is 11.0. The van der Waals surface area contributed by atoms with E-state index in [9.17, 15) is 14.9 Å². The van der Waals surface area contributed by atoms with Gasteiger partial charge in [-0.2, -0.15) is 5.26 Å². The number of amides is 1. The number of hydrogen-bond donors (Lipinski definition) is 0. The Bertz CT molecular complexity index is 950. The lowest BCUT2D eigenvalue weighted by Crippen LogP contribution is -2.38. The molecule has 2 aromatic rings. The maximum absolute atomic E-state index is 13.4. The molecule has 1 aliphatic rings. The minimum atomic E-state index is -0.503. The third kappa shape index (κ3) is 5.00. The predicted molar refractivity (Wildman–Crippen MR) is 115 cm³/mol. The van der Waals surface area contributed by atoms with Gasteiger partial charge in [-0.1, -0.05) is 42.1 Å². The summed E-state index contributed by atoms with van der Waals surface area (Å²) in [6.45, 7) is 5.19. The number of carbonyl (C=O) groups is 2. The SMILES string of the molecule is CCOC(=O)c1cc(C#N)c(S[C@H](C(=O)N2CCCCC2)c2ccccc2)nc1C. The van der Waals surface area contributed by atoms with Crippen LogP contribution in [0.5, 0.6) is 0 Å². The topological polar surface area (TPSA) is 83.3 Å². The molecule has 1 saturated heterocycles. The van der Waals surface area contributed by atoms with Gasteiger partial charge >= 0.3 is 5.97 Å². The normalized spacial score (nSPS) is 14.6. The molecule has 0 bridgehead atoms. The molecule has 7 heteroatoms. The lowest BCUT2D eigenvalue weighted by Gasteiger charge is -2.30. The van der Waals surface area contributed by atoms with E-state index in [0.29, 0.717) is 10.7 Å². The summed E-state index contributed by atoms with van der Waals surface area (Å²) in [5.41, 5.74) is 1.89. The van der Waals surface area contributed by atoms with Crippen molar-refractivity contribution in [2.45, 2.75) is 43.4 Å². The number of nitrogens with zero attached hydrogens (tertiary/aromatic N) is 3. The number of esters is 1. The number of piperidine rings is 1. The van der Waals surface area contributed by atoms with Crippen LogP contribution in [-0.2, 0) is 9.53 Å². The number of carbonyl (C=O) groups excluding carboxylic acids is 2. The fourth-order valence-electron chi connectivity index (χ4n) is 3.45. The zero-order chi connectivity index (χ0) is 21.5. The van der Waals surface area contributed by atoms with Crippen molar-refractivity contribution in [3.05, 3.63) is 58.8 Å². The van der Waals surface area contributed by atoms with Crippen molar-refractivity contribution in [3.8, 4) is 6.07 Å². The summed E-state index contributed by atoms with van der Waals surface area (Å²) in [4.78, 5) is 31.9. The van der Waals surface area contributed by atoms with Crippen LogP contribution in [0.2, 0.25) is 0 Å². The number of likely N-dealkylation sites (tertiary alicyclic amines) is 1. The Balaban J connectivity index is 1.96. The number of nitriles is 1. The zero-order valence-electron chi connectivity index (χ0n) is 17.3. The van der Waals surface area contributed by atoms with Crippen molar-refractivity contribution in [1.82, 2.24) is 9.88 Å². The number of rotatable bonds is 6. The van der Waals surface area contributed by atoms with Crippen molar-refractivity contribution in [1.29, 1.82) is 5.26 Å². The van der Waals surface area contributed by atoms with Crippen molar-refractivity contribution in [2.24, 2.45) is 0 Å². The number of aryl methyl sites for hydroxylation is 1. The van der Waals surface area contributed by atoms with Gasteiger partial charge in [0.1, 0.15) is 16.3 Å². The van der Waals surface area contributed by atoms with E-state index < -0.39 is 11.2 Å². The summed E-state index contributed by atoms with van der Waals surface area (Å²) in [6, 6.07) is 13.2. The van der Waals surface area contributed by atoms with E-state index in [-0.39, 0.29) is 23.6 Å². The van der Waals surface area contributed by atoms with Gasteiger partial charge in [-0.3, -0.25) is 4.79 Å². The third-order valence-corrected chi connectivity index (χ3v) is 6.26. The highest BCUT2D eigenvalue weighted by atomic mass is 32.2. The van der Waals surface area contributed by atoms with Crippen LogP contribution in [0.15, 0.2) is 41.4 Å². The quantitative estimate of drug-likeness (QED) is 0.509. The molecule has 0 saturated carbocycles. The summed E-state index contributed by atoms with van der Waals surface area (Å²) in [6.07, 6.45) is 3.15. The lowest BCUT2D eigenvalue weighted by molar-refractivity contribution is -0.131. The minimum absolute atomic E-state index is 0.0312. The molecule has 156 valence electrons. The van der Waals surface area contributed by atoms with Crippen LogP contribution in [0.3, 0.4) is 0 Å². The molecule has 1 aromatic heterocycles. The van der Waals surface area contributed by atoms with Gasteiger partial charge in [-0.15, -0.1) is 0 Å². The zero-order valence-corrected chi connectivity index (χ0v) is 18.1. The van der Waals surface area contributed by atoms with Crippen LogP contribution >= 0.6 is 11.8 Å². The number of ether oxygens (including phenoxy) is 1. The summed E-state index contributed by atoms with van der Waals surface area (Å²) in [5.74, 6) is -0.469. The van der Waals surface area contributed by atoms with Crippen LogP contribution in [-0.4, -0.2) is 41.5 Å². The van der Waals surface area contributed by atoms with Crippen molar-refractivity contribution < 1.29 is 14.3 Å². The van der Waals surface area contributed by atoms with Crippen LogP contribution in [0.1, 0.15) is 58.6 Å². The summed E-state index contributed by atoms with van der Waals surface area (Å²) >= 11 is 1.27. The smallest absolute Gasteiger partial charge is 0.340 e. The van der Waals surface area contributed by atoms with Crippen molar-refractivity contribution >= 4 is 23.6 Å². The van der Waals surface area contributed by atoms with Crippen LogP contribution in [0, 0.1) is 18.3 Å². The van der Waals surface area contributed by atoms with E-state index >= 15 is 0 Å². The van der Waals surface area contributed by atoms with Crippen LogP contribution < -0.4 is 0 Å². The Morgan fingerprint density at radius 3 is 2.57 bits per heavy atom. The van der Waals surface area contributed by atoms with Gasteiger partial charge in [0.2, 0.25) is 5.91 Å². The van der Waals surface area contributed by atoms with E-state index in [1.807, 2.05) is 35.2 Å². The molecule has 30 heavy (non-hydrogen) atoms. The fourth-order valence-corrected chi connectivity index (χ4v) is 4.64. The third-order valence-electron chi connectivity index (χ3n) is 5.02. The molecule has 0 N–H and O–H groups in total. The average Bonchev–Trinajstić information content (AvgIpc) is 2.78. The molecule has 6 nitrogen and oxygen atoms in total. The van der Waals surface area contributed by atoms with Gasteiger partial charge in [0.25, 0.3) is 0 Å². The highest BCUT2D eigenvalue weighted by molar-refractivity contribution is 8.00. The maximum atomic E-state index is 13.4. The van der Waals surface area contributed by atoms with Gasteiger partial charge in [0.05, 0.1) is 23.4 Å². The number of pyridine rings is 1. The molecule has 1 atom stereocenters. The second-order valence-electron chi connectivity index (χ2n) is 7.10. The first-order chi connectivity index (χ1) is 14.5. The van der Waals surface area contributed by atoms with Gasteiger partial charge in [0, 0.05) is 13.1 Å². The number of hydrogen-bond acceptors (Lipinski definition) is 6. The Labute approximate surface area is 181 Å². The largest absolute Gasteiger partial charge is 0.462 e. The monoisotopic (exact) mass is 423 g/mol. The lowest BCUT2D eigenvalue weighted by atomic mass is 10.1. The molecule has 1 fully saturated rings. The van der Waals surface area contributed by atoms with Crippen molar-refractivity contribution in [2.75, 3.05) is 19.7 Å². The number of aromatic nitrogens is 1. The maximum Gasteiger partial charge on any atom is 0.340 e. The van der Waals surface area contributed by atoms with Gasteiger partial charge in [0.15, 0.2) is 0 Å². The minimum Gasteiger partial charge on any atom is -0.462 e. The molecule has 0 radical (unpaired) electrons. The average molecular weight is 424 g/mol. The molecular weight excluding hydrogens is 398 g/mol. The Hall–Kier alpha value is -2.85. The Morgan fingerprint density at radius 1 is 1.23 bits per heavy atom. The van der Waals surface area contributed by atoms with Crippen LogP contribution in [0.4, 0.5) is 0 Å². The number of thioether (sulfide) groups is 1. The van der Waals surface area contributed by atoms with E-state index in [2.05, 4.69) is 11.1 Å². The van der Waals surface area contributed by atoms with E-state index in [0.717, 1.165) is 37.9 Å². The van der Waals surface area contributed by atoms with Gasteiger partial charge in [-0.25, -0.2) is 9.78 Å². The van der Waals surface area contributed by atoms with E-state index in [1.54, 1.807) is 13.8 Å².